The predicted molar refractivity (Wildman–Crippen MR) is 52.9 cm³/mol. The molecule has 0 aliphatic heterocycles. The van der Waals surface area contributed by atoms with Crippen molar-refractivity contribution in [2.75, 3.05) is 5.73 Å². The first kappa shape index (κ1) is 8.23. The smallest absolute Gasteiger partial charge is 0.134 e. The quantitative estimate of drug-likeness (QED) is 0.710. The molecule has 1 aliphatic rings. The number of allylic oxidation sites excluding steroid dienone is 2. The highest BCUT2D eigenvalue weighted by Crippen LogP contribution is 2.28. The van der Waals surface area contributed by atoms with E-state index in [0.717, 1.165) is 18.4 Å². The molecule has 0 spiro atoms. The van der Waals surface area contributed by atoms with Gasteiger partial charge in [0.1, 0.15) is 12.1 Å². The molecule has 2 rings (SSSR count). The van der Waals surface area contributed by atoms with Crippen LogP contribution in [0.4, 0.5) is 5.82 Å². The van der Waals surface area contributed by atoms with Gasteiger partial charge in [-0.1, -0.05) is 6.08 Å². The van der Waals surface area contributed by atoms with Crippen molar-refractivity contribution in [3.8, 4) is 0 Å². The summed E-state index contributed by atoms with van der Waals surface area (Å²) in [5.41, 5.74) is 8.08. The first-order chi connectivity index (χ1) is 6.38. The number of nitrogen functional groups attached to an aromatic ring is 1. The van der Waals surface area contributed by atoms with Gasteiger partial charge >= 0.3 is 0 Å². The highest BCUT2D eigenvalue weighted by atomic mass is 14.9. The van der Waals surface area contributed by atoms with Gasteiger partial charge in [-0.15, -0.1) is 0 Å². The van der Waals surface area contributed by atoms with E-state index in [9.17, 15) is 0 Å². The fraction of sp³-hybridized carbons (Fsp3) is 0.400. The van der Waals surface area contributed by atoms with E-state index < -0.39 is 0 Å². The van der Waals surface area contributed by atoms with Crippen LogP contribution >= 0.6 is 0 Å². The molecule has 68 valence electrons. The van der Waals surface area contributed by atoms with Gasteiger partial charge in [-0.2, -0.15) is 0 Å². The minimum atomic E-state index is 0.600. The standard InChI is InChI=1S/C10H13N3/c11-10-9(6-12-7-13-10)8-4-2-1-3-5-8/h4,6-7H,1-3,5H2,(H2,11,12,13). The molecule has 0 saturated heterocycles. The Labute approximate surface area is 77.7 Å². The fourth-order valence-corrected chi connectivity index (χ4v) is 1.67. The van der Waals surface area contributed by atoms with Crippen molar-refractivity contribution in [3.05, 3.63) is 24.2 Å². The molecule has 3 heteroatoms. The van der Waals surface area contributed by atoms with E-state index >= 15 is 0 Å². The Morgan fingerprint density at radius 2 is 2.23 bits per heavy atom. The van der Waals surface area contributed by atoms with E-state index in [1.54, 1.807) is 6.20 Å². The van der Waals surface area contributed by atoms with Crippen molar-refractivity contribution >= 4 is 11.4 Å². The largest absolute Gasteiger partial charge is 0.383 e. The summed E-state index contributed by atoms with van der Waals surface area (Å²) in [4.78, 5) is 7.97. The molecule has 1 heterocycles. The molecular formula is C10H13N3. The molecule has 0 fully saturated rings. The zero-order chi connectivity index (χ0) is 9.10. The zero-order valence-electron chi connectivity index (χ0n) is 7.53. The second-order valence-corrected chi connectivity index (χ2v) is 3.30. The monoisotopic (exact) mass is 175 g/mol. The maximum atomic E-state index is 5.76. The lowest BCUT2D eigenvalue weighted by atomic mass is 9.95. The van der Waals surface area contributed by atoms with E-state index in [-0.39, 0.29) is 0 Å². The van der Waals surface area contributed by atoms with Gasteiger partial charge in [-0.25, -0.2) is 9.97 Å². The van der Waals surface area contributed by atoms with Gasteiger partial charge in [0, 0.05) is 11.8 Å². The molecule has 2 N–H and O–H groups in total. The van der Waals surface area contributed by atoms with Crippen LogP contribution in [0, 0.1) is 0 Å². The molecule has 1 aliphatic carbocycles. The van der Waals surface area contributed by atoms with Gasteiger partial charge in [0.25, 0.3) is 0 Å². The number of nitrogens with two attached hydrogens (primary N) is 1. The lowest BCUT2D eigenvalue weighted by Gasteiger charge is -2.13. The summed E-state index contributed by atoms with van der Waals surface area (Å²) < 4.78 is 0. The average molecular weight is 175 g/mol. The highest BCUT2D eigenvalue weighted by Gasteiger charge is 2.09. The zero-order valence-corrected chi connectivity index (χ0v) is 7.53. The molecular weight excluding hydrogens is 162 g/mol. The topological polar surface area (TPSA) is 51.8 Å². The minimum absolute atomic E-state index is 0.600. The molecule has 1 aromatic heterocycles. The summed E-state index contributed by atoms with van der Waals surface area (Å²) in [7, 11) is 0. The Bertz CT molecular complexity index is 331. The Hall–Kier alpha value is -1.38. The highest BCUT2D eigenvalue weighted by molar-refractivity contribution is 5.72. The van der Waals surface area contributed by atoms with Crippen LogP contribution in [-0.4, -0.2) is 9.97 Å². The number of anilines is 1. The van der Waals surface area contributed by atoms with Crippen molar-refractivity contribution in [1.82, 2.24) is 9.97 Å². The number of hydrogen-bond acceptors (Lipinski definition) is 3. The van der Waals surface area contributed by atoms with Crippen molar-refractivity contribution in [1.29, 1.82) is 0 Å². The van der Waals surface area contributed by atoms with Gasteiger partial charge in [0.2, 0.25) is 0 Å². The summed E-state index contributed by atoms with van der Waals surface area (Å²) >= 11 is 0. The third-order valence-electron chi connectivity index (χ3n) is 2.38. The van der Waals surface area contributed by atoms with E-state index in [1.807, 2.05) is 0 Å². The molecule has 0 unspecified atom stereocenters. The normalized spacial score (nSPS) is 16.8. The molecule has 3 nitrogen and oxygen atoms in total. The van der Waals surface area contributed by atoms with Crippen LogP contribution in [0.1, 0.15) is 31.2 Å². The summed E-state index contributed by atoms with van der Waals surface area (Å²) in [6.45, 7) is 0. The van der Waals surface area contributed by atoms with E-state index in [1.165, 1.54) is 24.7 Å². The van der Waals surface area contributed by atoms with E-state index in [0.29, 0.717) is 5.82 Å². The van der Waals surface area contributed by atoms with Crippen molar-refractivity contribution < 1.29 is 0 Å². The molecule has 0 bridgehead atoms. The average Bonchev–Trinajstić information content (AvgIpc) is 2.20. The van der Waals surface area contributed by atoms with Crippen molar-refractivity contribution in [2.24, 2.45) is 0 Å². The number of rotatable bonds is 1. The maximum absolute atomic E-state index is 5.76. The first-order valence-electron chi connectivity index (χ1n) is 4.63. The van der Waals surface area contributed by atoms with Crippen LogP contribution in [0.2, 0.25) is 0 Å². The maximum Gasteiger partial charge on any atom is 0.134 e. The van der Waals surface area contributed by atoms with Crippen LogP contribution in [0.5, 0.6) is 0 Å². The third kappa shape index (κ3) is 1.69. The first-order valence-corrected chi connectivity index (χ1v) is 4.63. The number of nitrogens with zero attached hydrogens (tertiary/aromatic N) is 2. The second-order valence-electron chi connectivity index (χ2n) is 3.30. The van der Waals surface area contributed by atoms with Crippen LogP contribution < -0.4 is 5.73 Å². The lowest BCUT2D eigenvalue weighted by Crippen LogP contribution is -2.00. The van der Waals surface area contributed by atoms with Crippen LogP contribution in [-0.2, 0) is 0 Å². The third-order valence-corrected chi connectivity index (χ3v) is 2.38. The Morgan fingerprint density at radius 3 is 2.92 bits per heavy atom. The summed E-state index contributed by atoms with van der Waals surface area (Å²) in [5.74, 6) is 0.600. The van der Waals surface area contributed by atoms with E-state index in [2.05, 4.69) is 16.0 Å². The van der Waals surface area contributed by atoms with Gasteiger partial charge in [-0.05, 0) is 31.3 Å². The second kappa shape index (κ2) is 3.56. The van der Waals surface area contributed by atoms with Gasteiger partial charge in [0.05, 0.1) is 0 Å². The molecule has 0 radical (unpaired) electrons. The van der Waals surface area contributed by atoms with Crippen LogP contribution in [0.3, 0.4) is 0 Å². The van der Waals surface area contributed by atoms with Gasteiger partial charge in [0.15, 0.2) is 0 Å². The van der Waals surface area contributed by atoms with Gasteiger partial charge < -0.3 is 5.73 Å². The number of aromatic nitrogens is 2. The van der Waals surface area contributed by atoms with Crippen LogP contribution in [0.15, 0.2) is 18.6 Å². The summed E-state index contributed by atoms with van der Waals surface area (Å²) in [6.07, 6.45) is 10.3. The Kier molecular flexibility index (Phi) is 2.25. The summed E-state index contributed by atoms with van der Waals surface area (Å²) in [5, 5.41) is 0. The van der Waals surface area contributed by atoms with Gasteiger partial charge in [-0.3, -0.25) is 0 Å². The Morgan fingerprint density at radius 1 is 1.31 bits per heavy atom. The predicted octanol–water partition coefficient (Wildman–Crippen LogP) is 2.02. The molecule has 0 amide bonds. The molecule has 1 aromatic rings. The fourth-order valence-electron chi connectivity index (χ4n) is 1.67. The van der Waals surface area contributed by atoms with Crippen molar-refractivity contribution in [2.45, 2.75) is 25.7 Å². The Balaban J connectivity index is 2.34. The van der Waals surface area contributed by atoms with Crippen LogP contribution in [0.25, 0.3) is 5.57 Å². The molecule has 0 saturated carbocycles. The molecule has 0 aromatic carbocycles. The SMILES string of the molecule is Nc1ncncc1C1=CCCCC1. The summed E-state index contributed by atoms with van der Waals surface area (Å²) in [6, 6.07) is 0. The van der Waals surface area contributed by atoms with E-state index in [4.69, 9.17) is 5.73 Å². The molecule has 0 atom stereocenters. The lowest BCUT2D eigenvalue weighted by molar-refractivity contribution is 0.741. The minimum Gasteiger partial charge on any atom is -0.383 e. The van der Waals surface area contributed by atoms with Crippen molar-refractivity contribution in [3.63, 3.8) is 0 Å². The molecule has 13 heavy (non-hydrogen) atoms. The number of hydrogen-bond donors (Lipinski definition) is 1.